The third-order valence-electron chi connectivity index (χ3n) is 3.67. The van der Waals surface area contributed by atoms with E-state index < -0.39 is 23.4 Å². The lowest BCUT2D eigenvalue weighted by molar-refractivity contribution is -0.384. The first kappa shape index (κ1) is 17.2. The molecule has 0 bridgehead atoms. The average Bonchev–Trinajstić information content (AvgIpc) is 3.05. The Morgan fingerprint density at radius 2 is 1.96 bits per heavy atom. The molecule has 1 aromatic heterocycles. The Labute approximate surface area is 147 Å². The first-order valence-corrected chi connectivity index (χ1v) is 7.65. The van der Waals surface area contributed by atoms with Gasteiger partial charge in [0.05, 0.1) is 4.92 Å². The number of hydrogen-bond acceptors (Lipinski definition) is 6. The minimum Gasteiger partial charge on any atom is -0.450 e. The molecule has 0 atom stereocenters. The number of nitrogens with one attached hydrogen (secondary N) is 1. The van der Waals surface area contributed by atoms with Crippen LogP contribution in [0.2, 0.25) is 0 Å². The van der Waals surface area contributed by atoms with E-state index in [4.69, 9.17) is 9.15 Å². The number of benzene rings is 2. The van der Waals surface area contributed by atoms with E-state index in [9.17, 15) is 19.7 Å². The van der Waals surface area contributed by atoms with Gasteiger partial charge in [-0.05, 0) is 24.6 Å². The molecule has 0 saturated carbocycles. The largest absolute Gasteiger partial charge is 0.450 e. The van der Waals surface area contributed by atoms with E-state index in [2.05, 4.69) is 5.32 Å². The number of aryl methyl sites for hydroxylation is 1. The highest BCUT2D eigenvalue weighted by Gasteiger charge is 2.19. The van der Waals surface area contributed by atoms with Crippen LogP contribution >= 0.6 is 0 Å². The summed E-state index contributed by atoms with van der Waals surface area (Å²) in [6, 6.07) is 13.0. The van der Waals surface area contributed by atoms with Crippen LogP contribution in [0, 0.1) is 17.0 Å². The summed E-state index contributed by atoms with van der Waals surface area (Å²) in [5, 5.41) is 14.2. The predicted octanol–water partition coefficient (Wildman–Crippen LogP) is 3.44. The van der Waals surface area contributed by atoms with Crippen molar-refractivity contribution in [1.82, 2.24) is 0 Å². The topological polar surface area (TPSA) is 112 Å². The lowest BCUT2D eigenvalue weighted by Gasteiger charge is -2.08. The first-order valence-electron chi connectivity index (χ1n) is 7.65. The Bertz CT molecular complexity index is 975. The molecule has 3 aromatic rings. The van der Waals surface area contributed by atoms with E-state index in [1.54, 1.807) is 37.3 Å². The van der Waals surface area contributed by atoms with Crippen molar-refractivity contribution < 1.29 is 23.7 Å². The molecule has 0 spiro atoms. The third kappa shape index (κ3) is 3.54. The number of ether oxygens (including phenoxy) is 1. The number of para-hydroxylation sites is 2. The molecule has 0 fully saturated rings. The number of carbonyl (C=O) groups excluding carboxylic acids is 2. The Balaban J connectivity index is 1.66. The van der Waals surface area contributed by atoms with Gasteiger partial charge < -0.3 is 14.5 Å². The second kappa shape index (κ2) is 7.06. The summed E-state index contributed by atoms with van der Waals surface area (Å²) in [6.07, 6.45) is 0. The molecule has 0 radical (unpaired) electrons. The molecule has 8 heteroatoms. The molecular formula is C18H14N2O6. The third-order valence-corrected chi connectivity index (χ3v) is 3.67. The van der Waals surface area contributed by atoms with E-state index in [1.807, 2.05) is 0 Å². The zero-order valence-electron chi connectivity index (χ0n) is 13.7. The van der Waals surface area contributed by atoms with Gasteiger partial charge in [0, 0.05) is 11.5 Å². The molecule has 1 heterocycles. The van der Waals surface area contributed by atoms with Crippen LogP contribution in [-0.4, -0.2) is 23.4 Å². The van der Waals surface area contributed by atoms with E-state index in [0.29, 0.717) is 11.1 Å². The number of furan rings is 1. The molecule has 3 rings (SSSR count). The van der Waals surface area contributed by atoms with Crippen LogP contribution in [0.25, 0.3) is 11.0 Å². The van der Waals surface area contributed by atoms with E-state index >= 15 is 0 Å². The van der Waals surface area contributed by atoms with Crippen LogP contribution in [0.4, 0.5) is 11.4 Å². The Hall–Kier alpha value is -3.68. The van der Waals surface area contributed by atoms with Gasteiger partial charge in [-0.25, -0.2) is 4.79 Å². The van der Waals surface area contributed by atoms with Crippen LogP contribution in [0.3, 0.4) is 0 Å². The molecule has 0 unspecified atom stereocenters. The van der Waals surface area contributed by atoms with E-state index in [1.165, 1.54) is 18.2 Å². The highest BCUT2D eigenvalue weighted by Crippen LogP contribution is 2.27. The van der Waals surface area contributed by atoms with Crippen molar-refractivity contribution in [2.45, 2.75) is 6.92 Å². The van der Waals surface area contributed by atoms with Crippen molar-refractivity contribution in [1.29, 1.82) is 0 Å². The summed E-state index contributed by atoms with van der Waals surface area (Å²) in [5.74, 6) is -1.51. The van der Waals surface area contributed by atoms with Gasteiger partial charge in [-0.15, -0.1) is 0 Å². The zero-order valence-corrected chi connectivity index (χ0v) is 13.7. The zero-order chi connectivity index (χ0) is 18.7. The average molecular weight is 354 g/mol. The van der Waals surface area contributed by atoms with Gasteiger partial charge >= 0.3 is 5.97 Å². The van der Waals surface area contributed by atoms with Gasteiger partial charge in [0.25, 0.3) is 11.6 Å². The van der Waals surface area contributed by atoms with Crippen molar-refractivity contribution in [2.75, 3.05) is 11.9 Å². The van der Waals surface area contributed by atoms with Crippen LogP contribution in [0.1, 0.15) is 16.1 Å². The first-order chi connectivity index (χ1) is 12.5. The van der Waals surface area contributed by atoms with E-state index in [0.717, 1.165) is 5.39 Å². The second-order valence-corrected chi connectivity index (χ2v) is 5.50. The number of carbonyl (C=O) groups is 2. The molecular weight excluding hydrogens is 340 g/mol. The number of anilines is 1. The number of rotatable bonds is 5. The van der Waals surface area contributed by atoms with Gasteiger partial charge in [0.2, 0.25) is 5.76 Å². The van der Waals surface area contributed by atoms with Crippen molar-refractivity contribution in [2.24, 2.45) is 0 Å². The van der Waals surface area contributed by atoms with Gasteiger partial charge in [0.1, 0.15) is 11.3 Å². The number of esters is 1. The molecule has 0 aliphatic heterocycles. The molecule has 1 amide bonds. The van der Waals surface area contributed by atoms with Crippen molar-refractivity contribution in [3.8, 4) is 0 Å². The maximum atomic E-state index is 12.0. The van der Waals surface area contributed by atoms with Gasteiger partial charge in [-0.3, -0.25) is 14.9 Å². The number of nitro benzene ring substituents is 1. The smallest absolute Gasteiger partial charge is 0.374 e. The highest BCUT2D eigenvalue weighted by molar-refractivity contribution is 5.98. The fourth-order valence-corrected chi connectivity index (χ4v) is 2.43. The number of nitrogens with zero attached hydrogens (tertiary/aromatic N) is 1. The SMILES string of the molecule is Cc1cccc([N+](=O)[O-])c1NC(=O)COC(=O)c1cc2ccccc2o1. The van der Waals surface area contributed by atoms with Gasteiger partial charge in [-0.1, -0.05) is 30.3 Å². The number of nitro groups is 1. The lowest BCUT2D eigenvalue weighted by Crippen LogP contribution is -2.21. The summed E-state index contributed by atoms with van der Waals surface area (Å²) in [5.41, 5.74) is 0.889. The van der Waals surface area contributed by atoms with Crippen molar-refractivity contribution >= 4 is 34.2 Å². The summed E-state index contributed by atoms with van der Waals surface area (Å²) in [4.78, 5) is 34.5. The van der Waals surface area contributed by atoms with Crippen molar-refractivity contribution in [3.05, 3.63) is 70.0 Å². The minimum atomic E-state index is -0.796. The predicted molar refractivity (Wildman–Crippen MR) is 93.0 cm³/mol. The normalized spacial score (nSPS) is 10.5. The standard InChI is InChI=1S/C18H14N2O6/c1-11-5-4-7-13(20(23)24)17(11)19-16(21)10-25-18(22)15-9-12-6-2-3-8-14(12)26-15/h2-9H,10H2,1H3,(H,19,21). The van der Waals surface area contributed by atoms with Crippen LogP contribution in [0.5, 0.6) is 0 Å². The molecule has 132 valence electrons. The highest BCUT2D eigenvalue weighted by atomic mass is 16.6. The van der Waals surface area contributed by atoms with E-state index in [-0.39, 0.29) is 17.1 Å². The second-order valence-electron chi connectivity index (χ2n) is 5.50. The number of hydrogen-bond donors (Lipinski definition) is 1. The van der Waals surface area contributed by atoms with Crippen LogP contribution in [-0.2, 0) is 9.53 Å². The van der Waals surface area contributed by atoms with Gasteiger partial charge in [0.15, 0.2) is 6.61 Å². The summed E-state index contributed by atoms with van der Waals surface area (Å²) >= 11 is 0. The van der Waals surface area contributed by atoms with Crippen LogP contribution < -0.4 is 5.32 Å². The summed E-state index contributed by atoms with van der Waals surface area (Å²) in [6.45, 7) is 1.03. The Morgan fingerprint density at radius 3 is 2.69 bits per heavy atom. The van der Waals surface area contributed by atoms with Crippen molar-refractivity contribution in [3.63, 3.8) is 0 Å². The quantitative estimate of drug-likeness (QED) is 0.427. The molecule has 0 saturated heterocycles. The molecule has 8 nitrogen and oxygen atoms in total. The Kier molecular flexibility index (Phi) is 4.66. The molecule has 26 heavy (non-hydrogen) atoms. The molecule has 2 aromatic carbocycles. The fraction of sp³-hybridized carbons (Fsp3) is 0.111. The monoisotopic (exact) mass is 354 g/mol. The number of fused-ring (bicyclic) bond motifs is 1. The molecule has 0 aliphatic rings. The van der Waals surface area contributed by atoms with Crippen LogP contribution in [0.15, 0.2) is 52.9 Å². The maximum absolute atomic E-state index is 12.0. The summed E-state index contributed by atoms with van der Waals surface area (Å²) in [7, 11) is 0. The number of amides is 1. The molecule has 0 aliphatic carbocycles. The maximum Gasteiger partial charge on any atom is 0.374 e. The lowest BCUT2D eigenvalue weighted by atomic mass is 10.1. The molecule has 1 N–H and O–H groups in total. The minimum absolute atomic E-state index is 0.0270. The van der Waals surface area contributed by atoms with Gasteiger partial charge in [-0.2, -0.15) is 0 Å². The summed E-state index contributed by atoms with van der Waals surface area (Å²) < 4.78 is 10.3. The fourth-order valence-electron chi connectivity index (χ4n) is 2.43. The Morgan fingerprint density at radius 1 is 1.19 bits per heavy atom.